The highest BCUT2D eigenvalue weighted by Crippen LogP contribution is 2.54. The Kier molecular flexibility index (Phi) is 2.72. The van der Waals surface area contributed by atoms with Crippen molar-refractivity contribution in [1.29, 1.82) is 0 Å². The molecule has 1 fully saturated rings. The molecule has 16 heavy (non-hydrogen) atoms. The van der Waals surface area contributed by atoms with Crippen LogP contribution in [0.25, 0.3) is 0 Å². The number of aliphatic carboxylic acids is 1. The van der Waals surface area contributed by atoms with Gasteiger partial charge >= 0.3 is 5.97 Å². The molecule has 1 atom stereocenters. The number of carbonyl (C=O) groups is 1. The van der Waals surface area contributed by atoms with E-state index in [-0.39, 0.29) is 6.04 Å². The van der Waals surface area contributed by atoms with Crippen LogP contribution in [0.5, 0.6) is 0 Å². The quantitative estimate of drug-likeness (QED) is 0.815. The number of carboxylic acid groups (broad SMARTS) is 1. The number of hydrogen-bond acceptors (Lipinski definition) is 2. The number of benzene rings is 1. The van der Waals surface area contributed by atoms with E-state index in [9.17, 15) is 4.79 Å². The SMILES string of the molecule is CCc1ccc(C(N)C2(C(=O)O)CC2)cc1. The second-order valence-corrected chi connectivity index (χ2v) is 4.53. The van der Waals surface area contributed by atoms with Crippen molar-refractivity contribution in [2.24, 2.45) is 11.1 Å². The first kappa shape index (κ1) is 11.1. The monoisotopic (exact) mass is 219 g/mol. The van der Waals surface area contributed by atoms with Crippen molar-refractivity contribution in [3.63, 3.8) is 0 Å². The number of rotatable bonds is 4. The predicted molar refractivity (Wildman–Crippen MR) is 62.1 cm³/mol. The van der Waals surface area contributed by atoms with Crippen molar-refractivity contribution < 1.29 is 9.90 Å². The van der Waals surface area contributed by atoms with Crippen molar-refractivity contribution in [1.82, 2.24) is 0 Å². The van der Waals surface area contributed by atoms with Gasteiger partial charge in [-0.25, -0.2) is 0 Å². The fraction of sp³-hybridized carbons (Fsp3) is 0.462. The minimum atomic E-state index is -0.764. The van der Waals surface area contributed by atoms with E-state index in [0.717, 1.165) is 12.0 Å². The predicted octanol–water partition coefficient (Wildman–Crippen LogP) is 2.11. The van der Waals surface area contributed by atoms with E-state index in [1.807, 2.05) is 24.3 Å². The van der Waals surface area contributed by atoms with E-state index in [1.165, 1.54) is 5.56 Å². The van der Waals surface area contributed by atoms with Crippen LogP contribution in [-0.4, -0.2) is 11.1 Å². The summed E-state index contributed by atoms with van der Waals surface area (Å²) in [6.07, 6.45) is 2.37. The van der Waals surface area contributed by atoms with Crippen molar-refractivity contribution in [2.45, 2.75) is 32.2 Å². The number of aryl methyl sites for hydroxylation is 1. The summed E-state index contributed by atoms with van der Waals surface area (Å²) < 4.78 is 0. The van der Waals surface area contributed by atoms with E-state index < -0.39 is 11.4 Å². The van der Waals surface area contributed by atoms with Gasteiger partial charge in [-0.15, -0.1) is 0 Å². The van der Waals surface area contributed by atoms with Gasteiger partial charge in [0.15, 0.2) is 0 Å². The number of hydrogen-bond donors (Lipinski definition) is 2. The van der Waals surface area contributed by atoms with Crippen LogP contribution >= 0.6 is 0 Å². The Labute approximate surface area is 95.3 Å². The molecular weight excluding hydrogens is 202 g/mol. The summed E-state index contributed by atoms with van der Waals surface area (Å²) in [6.45, 7) is 2.09. The first-order chi connectivity index (χ1) is 7.60. The van der Waals surface area contributed by atoms with Crippen molar-refractivity contribution >= 4 is 5.97 Å². The Bertz CT molecular complexity index is 393. The van der Waals surface area contributed by atoms with Crippen molar-refractivity contribution in [3.8, 4) is 0 Å². The molecule has 0 saturated heterocycles. The molecule has 0 heterocycles. The molecule has 0 amide bonds. The highest BCUT2D eigenvalue weighted by molar-refractivity contribution is 5.79. The lowest BCUT2D eigenvalue weighted by atomic mass is 9.90. The first-order valence-corrected chi connectivity index (χ1v) is 5.68. The molecule has 1 aliphatic rings. The Morgan fingerprint density at radius 3 is 2.38 bits per heavy atom. The summed E-state index contributed by atoms with van der Waals surface area (Å²) in [7, 11) is 0. The van der Waals surface area contributed by atoms with Gasteiger partial charge < -0.3 is 10.8 Å². The standard InChI is InChI=1S/C13H17NO2/c1-2-9-3-5-10(6-4-9)11(14)13(7-8-13)12(15)16/h3-6,11H,2,7-8,14H2,1H3,(H,15,16). The number of nitrogens with two attached hydrogens (primary N) is 1. The molecule has 0 aliphatic heterocycles. The maximum absolute atomic E-state index is 11.1. The summed E-state index contributed by atoms with van der Waals surface area (Å²) in [5.41, 5.74) is 7.52. The maximum Gasteiger partial charge on any atom is 0.311 e. The largest absolute Gasteiger partial charge is 0.481 e. The zero-order valence-corrected chi connectivity index (χ0v) is 9.44. The molecule has 1 unspecified atom stereocenters. The van der Waals surface area contributed by atoms with E-state index in [2.05, 4.69) is 6.92 Å². The van der Waals surface area contributed by atoms with Gasteiger partial charge in [-0.3, -0.25) is 4.79 Å². The van der Waals surface area contributed by atoms with Gasteiger partial charge in [-0.05, 0) is 30.4 Å². The summed E-state index contributed by atoms with van der Waals surface area (Å²) in [5, 5.41) is 9.16. The van der Waals surface area contributed by atoms with Gasteiger partial charge in [0, 0.05) is 6.04 Å². The molecule has 0 aromatic heterocycles. The Balaban J connectivity index is 2.21. The molecule has 0 spiro atoms. The molecule has 3 heteroatoms. The maximum atomic E-state index is 11.1. The Hall–Kier alpha value is -1.35. The molecule has 3 nitrogen and oxygen atoms in total. The highest BCUT2D eigenvalue weighted by Gasteiger charge is 2.55. The van der Waals surface area contributed by atoms with Crippen LogP contribution in [0.2, 0.25) is 0 Å². The van der Waals surface area contributed by atoms with E-state index in [0.29, 0.717) is 12.8 Å². The molecule has 0 radical (unpaired) electrons. The highest BCUT2D eigenvalue weighted by atomic mass is 16.4. The zero-order valence-electron chi connectivity index (χ0n) is 9.44. The molecule has 3 N–H and O–H groups in total. The lowest BCUT2D eigenvalue weighted by molar-refractivity contribution is -0.144. The average molecular weight is 219 g/mol. The second kappa shape index (κ2) is 3.91. The summed E-state index contributed by atoms with van der Waals surface area (Å²) >= 11 is 0. The molecule has 86 valence electrons. The third-order valence-corrected chi connectivity index (χ3v) is 3.56. The minimum Gasteiger partial charge on any atom is -0.481 e. The second-order valence-electron chi connectivity index (χ2n) is 4.53. The summed E-state index contributed by atoms with van der Waals surface area (Å²) in [6, 6.07) is 7.56. The first-order valence-electron chi connectivity index (χ1n) is 5.68. The van der Waals surface area contributed by atoms with E-state index >= 15 is 0 Å². The van der Waals surface area contributed by atoms with Crippen LogP contribution < -0.4 is 5.73 Å². The molecular formula is C13H17NO2. The van der Waals surface area contributed by atoms with E-state index in [1.54, 1.807) is 0 Å². The van der Waals surface area contributed by atoms with Crippen LogP contribution in [0.4, 0.5) is 0 Å². The Morgan fingerprint density at radius 1 is 1.44 bits per heavy atom. The summed E-state index contributed by atoms with van der Waals surface area (Å²) in [4.78, 5) is 11.1. The molecule has 1 aromatic carbocycles. The fourth-order valence-electron chi connectivity index (χ4n) is 2.07. The fourth-order valence-corrected chi connectivity index (χ4v) is 2.07. The van der Waals surface area contributed by atoms with Crippen LogP contribution in [0.1, 0.15) is 36.9 Å². The average Bonchev–Trinajstić information content (AvgIpc) is 3.09. The molecule has 1 aromatic rings. The molecule has 1 aliphatic carbocycles. The van der Waals surface area contributed by atoms with Crippen LogP contribution in [-0.2, 0) is 11.2 Å². The third-order valence-electron chi connectivity index (χ3n) is 3.56. The third kappa shape index (κ3) is 1.71. The normalized spacial score (nSPS) is 19.1. The van der Waals surface area contributed by atoms with Crippen molar-refractivity contribution in [3.05, 3.63) is 35.4 Å². The zero-order chi connectivity index (χ0) is 11.8. The van der Waals surface area contributed by atoms with Gasteiger partial charge in [0.2, 0.25) is 0 Å². The topological polar surface area (TPSA) is 63.3 Å². The smallest absolute Gasteiger partial charge is 0.311 e. The van der Waals surface area contributed by atoms with Crippen LogP contribution in [0.15, 0.2) is 24.3 Å². The van der Waals surface area contributed by atoms with Gasteiger partial charge in [0.25, 0.3) is 0 Å². The molecule has 1 saturated carbocycles. The van der Waals surface area contributed by atoms with Gasteiger partial charge in [0.1, 0.15) is 0 Å². The Morgan fingerprint density at radius 2 is 2.00 bits per heavy atom. The van der Waals surface area contributed by atoms with Gasteiger partial charge in [-0.1, -0.05) is 31.2 Å². The minimum absolute atomic E-state index is 0.379. The van der Waals surface area contributed by atoms with Crippen LogP contribution in [0.3, 0.4) is 0 Å². The summed E-state index contributed by atoms with van der Waals surface area (Å²) in [5.74, 6) is -0.764. The van der Waals surface area contributed by atoms with Crippen LogP contribution in [0, 0.1) is 5.41 Å². The number of carboxylic acids is 1. The van der Waals surface area contributed by atoms with Gasteiger partial charge in [-0.2, -0.15) is 0 Å². The molecule has 2 rings (SSSR count). The molecule has 0 bridgehead atoms. The lowest BCUT2D eigenvalue weighted by Crippen LogP contribution is -2.29. The van der Waals surface area contributed by atoms with Crippen molar-refractivity contribution in [2.75, 3.05) is 0 Å². The van der Waals surface area contributed by atoms with E-state index in [4.69, 9.17) is 10.8 Å². The lowest BCUT2D eigenvalue weighted by Gasteiger charge is -2.19. The van der Waals surface area contributed by atoms with Gasteiger partial charge in [0.05, 0.1) is 5.41 Å².